The molecule has 2 aliphatic heterocycles. The number of rotatable bonds is 10. The average Bonchev–Trinajstić information content (AvgIpc) is 3.10. The molecule has 3 heterocycles. The molecule has 2 aliphatic rings. The molecule has 0 unspecified atom stereocenters. The summed E-state index contributed by atoms with van der Waals surface area (Å²) in [4.78, 5) is 19.5. The maximum absolute atomic E-state index is 13.2. The van der Waals surface area contributed by atoms with Crippen LogP contribution in [0.1, 0.15) is 15.9 Å². The van der Waals surface area contributed by atoms with E-state index in [-0.39, 0.29) is 17.2 Å². The third-order valence-electron chi connectivity index (χ3n) is 7.86. The van der Waals surface area contributed by atoms with E-state index in [0.717, 1.165) is 67.1 Å². The van der Waals surface area contributed by atoms with Crippen molar-refractivity contribution in [3.05, 3.63) is 108 Å². The summed E-state index contributed by atoms with van der Waals surface area (Å²) in [5.41, 5.74) is 3.20. The Hall–Kier alpha value is -4.42. The van der Waals surface area contributed by atoms with Gasteiger partial charge in [0.15, 0.2) is 0 Å². The van der Waals surface area contributed by atoms with Gasteiger partial charge in [0.2, 0.25) is 0 Å². The molecular formula is C35H38N6O4S. The van der Waals surface area contributed by atoms with Crippen LogP contribution in [0.4, 0.5) is 11.4 Å². The second-order valence-corrected chi connectivity index (χ2v) is 12.2. The zero-order chi connectivity index (χ0) is 31.7. The Morgan fingerprint density at radius 3 is 2.39 bits per heavy atom. The summed E-state index contributed by atoms with van der Waals surface area (Å²) in [6.45, 7) is 7.75. The van der Waals surface area contributed by atoms with Gasteiger partial charge in [0.05, 0.1) is 26.4 Å². The van der Waals surface area contributed by atoms with Crippen LogP contribution in [0, 0.1) is 10.8 Å². The van der Waals surface area contributed by atoms with Crippen LogP contribution in [0.5, 0.6) is 5.75 Å². The van der Waals surface area contributed by atoms with E-state index in [1.807, 2.05) is 72.8 Å². The maximum atomic E-state index is 13.2. The van der Waals surface area contributed by atoms with E-state index in [4.69, 9.17) is 25.0 Å². The third kappa shape index (κ3) is 8.24. The molecule has 0 aliphatic carbocycles. The van der Waals surface area contributed by atoms with Crippen LogP contribution in [-0.2, 0) is 9.47 Å². The molecule has 238 valence electrons. The molecule has 11 heteroatoms. The molecule has 1 aromatic heterocycles. The van der Waals surface area contributed by atoms with Gasteiger partial charge in [-0.2, -0.15) is 0 Å². The van der Waals surface area contributed by atoms with Crippen molar-refractivity contribution in [1.82, 2.24) is 9.47 Å². The van der Waals surface area contributed by atoms with Gasteiger partial charge in [-0.3, -0.25) is 25.1 Å². The number of ether oxygens (including phenoxy) is 3. The van der Waals surface area contributed by atoms with Gasteiger partial charge in [0.1, 0.15) is 23.7 Å². The molecule has 4 aromatic rings. The Morgan fingerprint density at radius 1 is 0.826 bits per heavy atom. The van der Waals surface area contributed by atoms with Gasteiger partial charge in [-0.05, 0) is 60.7 Å². The SMILES string of the molecule is N=C(c1cccc(OCCN2CCOCC2)c1)n1cc(Sc2cccc(C(=O)Nc3cccc(N4CCOCC4)c3)c2)ccc1=N. The fourth-order valence-corrected chi connectivity index (χ4v) is 6.26. The van der Waals surface area contributed by atoms with Crippen LogP contribution in [0.15, 0.2) is 101 Å². The summed E-state index contributed by atoms with van der Waals surface area (Å²) in [5, 5.41) is 20.4. The van der Waals surface area contributed by atoms with Crippen LogP contribution in [0.3, 0.4) is 0 Å². The smallest absolute Gasteiger partial charge is 0.255 e. The lowest BCUT2D eigenvalue weighted by molar-refractivity contribution is 0.0322. The fraction of sp³-hybridized carbons (Fsp3) is 0.286. The minimum Gasteiger partial charge on any atom is -0.492 e. The minimum absolute atomic E-state index is 0.179. The Kier molecular flexibility index (Phi) is 10.5. The highest BCUT2D eigenvalue weighted by molar-refractivity contribution is 7.99. The molecule has 2 fully saturated rings. The lowest BCUT2D eigenvalue weighted by atomic mass is 10.2. The first-order valence-electron chi connectivity index (χ1n) is 15.4. The number of amides is 1. The Balaban J connectivity index is 1.10. The van der Waals surface area contributed by atoms with Crippen molar-refractivity contribution in [1.29, 1.82) is 10.8 Å². The molecule has 46 heavy (non-hydrogen) atoms. The molecular weight excluding hydrogens is 600 g/mol. The second kappa shape index (κ2) is 15.2. The van der Waals surface area contributed by atoms with Gasteiger partial charge >= 0.3 is 0 Å². The van der Waals surface area contributed by atoms with Gasteiger partial charge in [-0.25, -0.2) is 0 Å². The number of carbonyl (C=O) groups excluding carboxylic acids is 1. The lowest BCUT2D eigenvalue weighted by Gasteiger charge is -2.29. The van der Waals surface area contributed by atoms with Crippen molar-refractivity contribution in [2.75, 3.05) is 76.0 Å². The lowest BCUT2D eigenvalue weighted by Crippen LogP contribution is -2.38. The standard InChI is InChI=1S/C35H38N6O4S/c36-33-11-10-32(25-41(33)34(37)26-4-1-8-30(22-26)45-21-14-39-12-17-43-18-13-39)46-31-9-2-5-27(23-31)35(42)38-28-6-3-7-29(24-28)40-15-19-44-20-16-40/h1-11,22-25,36-37H,12-21H2,(H,38,42). The van der Waals surface area contributed by atoms with E-state index < -0.39 is 0 Å². The van der Waals surface area contributed by atoms with Crippen molar-refractivity contribution >= 4 is 34.9 Å². The highest BCUT2D eigenvalue weighted by atomic mass is 32.2. The van der Waals surface area contributed by atoms with E-state index in [1.165, 1.54) is 11.8 Å². The molecule has 0 bridgehead atoms. The first-order valence-corrected chi connectivity index (χ1v) is 16.2. The number of hydrogen-bond acceptors (Lipinski definition) is 9. The number of morpholine rings is 2. The van der Waals surface area contributed by atoms with E-state index in [9.17, 15) is 4.79 Å². The zero-order valence-corrected chi connectivity index (χ0v) is 26.4. The zero-order valence-electron chi connectivity index (χ0n) is 25.6. The summed E-state index contributed by atoms with van der Waals surface area (Å²) in [5.74, 6) is 0.682. The number of aromatic nitrogens is 1. The van der Waals surface area contributed by atoms with Crippen molar-refractivity contribution < 1.29 is 19.0 Å². The van der Waals surface area contributed by atoms with Gasteiger partial charge in [-0.15, -0.1) is 0 Å². The molecule has 0 atom stereocenters. The topological polar surface area (TPSA) is 116 Å². The first-order chi connectivity index (χ1) is 22.5. The van der Waals surface area contributed by atoms with E-state index in [1.54, 1.807) is 22.9 Å². The maximum Gasteiger partial charge on any atom is 0.255 e. The van der Waals surface area contributed by atoms with Crippen molar-refractivity contribution in [3.8, 4) is 5.75 Å². The number of hydrogen-bond donors (Lipinski definition) is 3. The second-order valence-electron chi connectivity index (χ2n) is 11.0. The molecule has 3 N–H and O–H groups in total. The Labute approximate surface area is 272 Å². The number of carbonyl (C=O) groups is 1. The molecule has 1 amide bonds. The number of pyridine rings is 1. The quantitative estimate of drug-likeness (QED) is 0.169. The van der Waals surface area contributed by atoms with Crippen LogP contribution >= 0.6 is 11.8 Å². The number of anilines is 2. The summed E-state index contributed by atoms with van der Waals surface area (Å²) in [6.07, 6.45) is 1.78. The number of nitrogens with zero attached hydrogens (tertiary/aromatic N) is 3. The van der Waals surface area contributed by atoms with Crippen molar-refractivity contribution in [3.63, 3.8) is 0 Å². The van der Waals surface area contributed by atoms with Crippen LogP contribution in [0.2, 0.25) is 0 Å². The summed E-state index contributed by atoms with van der Waals surface area (Å²) in [7, 11) is 0. The van der Waals surface area contributed by atoms with Crippen LogP contribution in [-0.4, -0.2) is 87.0 Å². The van der Waals surface area contributed by atoms with Crippen molar-refractivity contribution in [2.24, 2.45) is 0 Å². The number of nitrogens with one attached hydrogen (secondary N) is 3. The Morgan fingerprint density at radius 2 is 1.57 bits per heavy atom. The molecule has 0 saturated carbocycles. The van der Waals surface area contributed by atoms with Gasteiger partial charge in [-0.1, -0.05) is 36.0 Å². The molecule has 0 radical (unpaired) electrons. The molecule has 10 nitrogen and oxygen atoms in total. The summed E-state index contributed by atoms with van der Waals surface area (Å²) >= 11 is 1.47. The molecule has 2 saturated heterocycles. The first kappa shape index (κ1) is 31.6. The Bertz CT molecular complexity index is 1730. The fourth-order valence-electron chi connectivity index (χ4n) is 5.36. The highest BCUT2D eigenvalue weighted by Gasteiger charge is 2.14. The van der Waals surface area contributed by atoms with Gasteiger partial charge < -0.3 is 24.4 Å². The normalized spacial score (nSPS) is 15.3. The minimum atomic E-state index is -0.188. The van der Waals surface area contributed by atoms with Gasteiger partial charge in [0.25, 0.3) is 5.91 Å². The van der Waals surface area contributed by atoms with Crippen LogP contribution in [0.25, 0.3) is 0 Å². The van der Waals surface area contributed by atoms with E-state index >= 15 is 0 Å². The average molecular weight is 639 g/mol. The highest BCUT2D eigenvalue weighted by Crippen LogP contribution is 2.28. The predicted octanol–water partition coefficient (Wildman–Crippen LogP) is 4.79. The molecule has 0 spiro atoms. The number of benzene rings is 3. The predicted molar refractivity (Wildman–Crippen MR) is 180 cm³/mol. The van der Waals surface area contributed by atoms with E-state index in [2.05, 4.69) is 15.1 Å². The van der Waals surface area contributed by atoms with Crippen LogP contribution < -0.4 is 20.4 Å². The molecule has 6 rings (SSSR count). The third-order valence-corrected chi connectivity index (χ3v) is 8.83. The van der Waals surface area contributed by atoms with Gasteiger partial charge in [0, 0.05) is 71.2 Å². The molecule has 3 aromatic carbocycles. The van der Waals surface area contributed by atoms with Crippen molar-refractivity contribution in [2.45, 2.75) is 9.79 Å². The summed E-state index contributed by atoms with van der Waals surface area (Å²) < 4.78 is 18.4. The largest absolute Gasteiger partial charge is 0.492 e. The summed E-state index contributed by atoms with van der Waals surface area (Å²) in [6, 6.07) is 26.3. The van der Waals surface area contributed by atoms with E-state index in [0.29, 0.717) is 36.7 Å². The monoisotopic (exact) mass is 638 g/mol.